The third kappa shape index (κ3) is 4.06. The summed E-state index contributed by atoms with van der Waals surface area (Å²) < 4.78 is 0. The van der Waals surface area contributed by atoms with Crippen molar-refractivity contribution in [3.05, 3.63) is 41.5 Å². The fourth-order valence-corrected chi connectivity index (χ4v) is 4.33. The zero-order chi connectivity index (χ0) is 15.4. The summed E-state index contributed by atoms with van der Waals surface area (Å²) in [5, 5.41) is 0. The maximum absolute atomic E-state index is 2.69. The smallest absolute Gasteiger partial charge is 0.0773 e. The summed E-state index contributed by atoms with van der Waals surface area (Å²) in [5.41, 5.74) is 4.55. The van der Waals surface area contributed by atoms with Crippen LogP contribution in [0.2, 0.25) is 5.82 Å². The normalized spacial score (nSPS) is 27.8. The Morgan fingerprint density at radius 2 is 1.55 bits per heavy atom. The van der Waals surface area contributed by atoms with Gasteiger partial charge >= 0.3 is 0 Å². The molecule has 0 N–H and O–H groups in total. The Hall–Kier alpha value is -0.975. The zero-order valence-corrected chi connectivity index (χ0v) is 14.5. The first-order chi connectivity index (χ1) is 10.7. The summed E-state index contributed by atoms with van der Waals surface area (Å²) >= 11 is 0. The third-order valence-corrected chi connectivity index (χ3v) is 5.91. The second kappa shape index (κ2) is 7.53. The summed E-state index contributed by atoms with van der Waals surface area (Å²) in [6.45, 7) is 2.19. The lowest BCUT2D eigenvalue weighted by molar-refractivity contribution is 0.408. The summed E-state index contributed by atoms with van der Waals surface area (Å²) in [5.74, 6) is 2.59. The summed E-state index contributed by atoms with van der Waals surface area (Å²) in [6.07, 6.45) is 15.5. The average Bonchev–Trinajstić information content (AvgIpc) is 2.56. The van der Waals surface area contributed by atoms with E-state index >= 15 is 0 Å². The highest BCUT2D eigenvalue weighted by Crippen LogP contribution is 2.39. The van der Waals surface area contributed by atoms with Gasteiger partial charge in [-0.2, -0.15) is 0 Å². The molecule has 0 radical (unpaired) electrons. The van der Waals surface area contributed by atoms with Crippen molar-refractivity contribution < 1.29 is 0 Å². The molecule has 0 nitrogen and oxygen atoms in total. The molecule has 3 rings (SSSR count). The van der Waals surface area contributed by atoms with Gasteiger partial charge in [-0.3, -0.25) is 0 Å². The Morgan fingerprint density at radius 1 is 0.909 bits per heavy atom. The molecule has 0 bridgehead atoms. The van der Waals surface area contributed by atoms with Crippen LogP contribution in [0.15, 0.2) is 30.3 Å². The van der Waals surface area contributed by atoms with Crippen molar-refractivity contribution in [1.82, 2.24) is 0 Å². The van der Waals surface area contributed by atoms with Crippen molar-refractivity contribution in [2.24, 2.45) is 11.8 Å². The third-order valence-electron chi connectivity index (χ3n) is 5.91. The molecular formula is C21H31B. The van der Waals surface area contributed by atoms with Crippen molar-refractivity contribution in [1.29, 1.82) is 0 Å². The molecule has 0 unspecified atom stereocenters. The minimum Gasteiger partial charge on any atom is -0.0773 e. The van der Waals surface area contributed by atoms with Crippen molar-refractivity contribution in [3.63, 3.8) is 0 Å². The number of rotatable bonds is 3. The Bertz CT molecular complexity index is 485. The van der Waals surface area contributed by atoms with E-state index in [2.05, 4.69) is 45.1 Å². The predicted molar refractivity (Wildman–Crippen MR) is 100.0 cm³/mol. The summed E-state index contributed by atoms with van der Waals surface area (Å²) in [4.78, 5) is 0. The second-order valence-corrected chi connectivity index (χ2v) is 7.84. The van der Waals surface area contributed by atoms with Gasteiger partial charge < -0.3 is 0 Å². The number of allylic oxidation sites excluding steroid dienone is 2. The molecule has 118 valence electrons. The van der Waals surface area contributed by atoms with E-state index in [4.69, 9.17) is 0 Å². The van der Waals surface area contributed by atoms with Gasteiger partial charge in [0.25, 0.3) is 0 Å². The lowest BCUT2D eigenvalue weighted by atomic mass is 9.70. The predicted octanol–water partition coefficient (Wildman–Crippen LogP) is 5.57. The van der Waals surface area contributed by atoms with Gasteiger partial charge in [-0.25, -0.2) is 0 Å². The molecule has 2 aliphatic carbocycles. The van der Waals surface area contributed by atoms with Gasteiger partial charge in [0.2, 0.25) is 0 Å². The minimum absolute atomic E-state index is 0.816. The van der Waals surface area contributed by atoms with E-state index in [1.54, 1.807) is 5.57 Å². The highest BCUT2D eigenvalue weighted by molar-refractivity contribution is 6.11. The summed E-state index contributed by atoms with van der Waals surface area (Å²) in [7, 11) is 2.42. The molecular weight excluding hydrogens is 263 g/mol. The lowest BCUT2D eigenvalue weighted by Crippen LogP contribution is -2.13. The fourth-order valence-electron chi connectivity index (χ4n) is 4.33. The van der Waals surface area contributed by atoms with Crippen LogP contribution in [0.25, 0.3) is 5.57 Å². The topological polar surface area (TPSA) is 0 Å². The molecule has 0 amide bonds. The molecule has 0 aromatic heterocycles. The molecule has 0 saturated heterocycles. The number of hydrogen-bond donors (Lipinski definition) is 0. The molecule has 1 aromatic rings. The van der Waals surface area contributed by atoms with E-state index in [0.717, 1.165) is 17.7 Å². The number of aryl methyl sites for hydroxylation is 1. The van der Waals surface area contributed by atoms with Gasteiger partial charge in [0.05, 0.1) is 0 Å². The van der Waals surface area contributed by atoms with Crippen LogP contribution < -0.4 is 0 Å². The highest BCUT2D eigenvalue weighted by Gasteiger charge is 2.22. The quantitative estimate of drug-likeness (QED) is 0.639. The van der Waals surface area contributed by atoms with Crippen molar-refractivity contribution in [3.8, 4) is 0 Å². The van der Waals surface area contributed by atoms with Gasteiger partial charge in [-0.1, -0.05) is 73.8 Å². The van der Waals surface area contributed by atoms with Crippen LogP contribution >= 0.6 is 0 Å². The molecule has 0 atom stereocenters. The van der Waals surface area contributed by atoms with E-state index in [-0.39, 0.29) is 0 Å². The monoisotopic (exact) mass is 294 g/mol. The minimum atomic E-state index is 0.816. The Kier molecular flexibility index (Phi) is 5.44. The zero-order valence-electron chi connectivity index (χ0n) is 14.5. The first-order valence-electron chi connectivity index (χ1n) is 9.51. The molecule has 2 saturated carbocycles. The van der Waals surface area contributed by atoms with E-state index in [1.807, 2.05) is 0 Å². The SMILES string of the molecule is BC1CCC(/C=C(/c2ccc(C)cc2)C2CCCCC2)CC1. The van der Waals surface area contributed by atoms with Crippen LogP contribution in [-0.2, 0) is 0 Å². The van der Waals surface area contributed by atoms with Crippen molar-refractivity contribution >= 4 is 13.4 Å². The first-order valence-corrected chi connectivity index (χ1v) is 9.51. The standard InChI is InChI=1S/C21H31B/c1-16-7-11-19(12-8-16)21(18-5-3-2-4-6-18)15-17-9-13-20(22)14-10-17/h7-8,11-12,15,17-18,20H,2-6,9-10,13-14,22H2,1H3/b21-15+. The number of hydrogen-bond acceptors (Lipinski definition) is 0. The molecule has 22 heavy (non-hydrogen) atoms. The molecule has 2 fully saturated rings. The van der Waals surface area contributed by atoms with Crippen LogP contribution in [0.3, 0.4) is 0 Å². The first kappa shape index (κ1) is 15.9. The molecule has 1 aromatic carbocycles. The maximum atomic E-state index is 2.69. The Labute approximate surface area is 137 Å². The van der Waals surface area contributed by atoms with Crippen LogP contribution in [0.4, 0.5) is 0 Å². The van der Waals surface area contributed by atoms with Gasteiger partial charge in [-0.05, 0) is 55.6 Å². The van der Waals surface area contributed by atoms with Crippen LogP contribution in [0.5, 0.6) is 0 Å². The van der Waals surface area contributed by atoms with Crippen LogP contribution in [-0.4, -0.2) is 7.85 Å². The van der Waals surface area contributed by atoms with Gasteiger partial charge in [0.1, 0.15) is 7.85 Å². The number of benzene rings is 1. The Balaban J connectivity index is 1.83. The average molecular weight is 294 g/mol. The molecule has 2 aliphatic rings. The van der Waals surface area contributed by atoms with E-state index < -0.39 is 0 Å². The molecule has 1 heteroatoms. The van der Waals surface area contributed by atoms with E-state index in [1.165, 1.54) is 68.9 Å². The molecule has 0 aliphatic heterocycles. The summed E-state index contributed by atoms with van der Waals surface area (Å²) in [6, 6.07) is 9.30. The van der Waals surface area contributed by atoms with Crippen molar-refractivity contribution in [2.45, 2.75) is 70.5 Å². The molecule has 0 spiro atoms. The van der Waals surface area contributed by atoms with E-state index in [0.29, 0.717) is 0 Å². The highest BCUT2D eigenvalue weighted by atomic mass is 14.3. The fraction of sp³-hybridized carbons (Fsp3) is 0.619. The van der Waals surface area contributed by atoms with Gasteiger partial charge in [0.15, 0.2) is 0 Å². The van der Waals surface area contributed by atoms with Crippen molar-refractivity contribution in [2.75, 3.05) is 0 Å². The van der Waals surface area contributed by atoms with Gasteiger partial charge in [0, 0.05) is 0 Å². The van der Waals surface area contributed by atoms with Crippen LogP contribution in [0, 0.1) is 18.8 Å². The second-order valence-electron chi connectivity index (χ2n) is 7.84. The van der Waals surface area contributed by atoms with Crippen LogP contribution in [0.1, 0.15) is 68.9 Å². The largest absolute Gasteiger partial charge is 0.105 e. The maximum Gasteiger partial charge on any atom is 0.105 e. The lowest BCUT2D eigenvalue weighted by Gasteiger charge is -2.29. The van der Waals surface area contributed by atoms with E-state index in [9.17, 15) is 0 Å². The molecule has 0 heterocycles. The Morgan fingerprint density at radius 3 is 2.18 bits per heavy atom. The van der Waals surface area contributed by atoms with Gasteiger partial charge in [-0.15, -0.1) is 0 Å².